The molecule has 8 heteroatoms. The lowest BCUT2D eigenvalue weighted by molar-refractivity contribution is 0.601. The van der Waals surface area contributed by atoms with Crippen molar-refractivity contribution in [1.82, 2.24) is 25.2 Å². The van der Waals surface area contributed by atoms with E-state index in [-0.39, 0.29) is 4.90 Å². The van der Waals surface area contributed by atoms with Gasteiger partial charge in [-0.15, -0.1) is 15.0 Å². The van der Waals surface area contributed by atoms with E-state index in [2.05, 4.69) is 20.4 Å². The Kier molecular flexibility index (Phi) is 3.22. The highest BCUT2D eigenvalue weighted by atomic mass is 32.2. The molecule has 1 aromatic carbocycles. The van der Waals surface area contributed by atoms with Crippen molar-refractivity contribution in [2.24, 2.45) is 0 Å². The Hall–Kier alpha value is -2.61. The molecule has 0 aliphatic carbocycles. The van der Waals surface area contributed by atoms with Crippen molar-refractivity contribution in [3.05, 3.63) is 48.7 Å². The van der Waals surface area contributed by atoms with Gasteiger partial charge in [0.15, 0.2) is 9.84 Å². The first-order valence-corrected chi connectivity index (χ1v) is 7.95. The van der Waals surface area contributed by atoms with Gasteiger partial charge in [0.25, 0.3) is 0 Å². The molecule has 0 saturated carbocycles. The molecular weight excluding hydrogens is 290 g/mol. The Balaban J connectivity index is 2.01. The average molecular weight is 301 g/mol. The van der Waals surface area contributed by atoms with Crippen molar-refractivity contribution in [1.29, 1.82) is 0 Å². The first-order chi connectivity index (χ1) is 10.0. The molecule has 2 aromatic heterocycles. The summed E-state index contributed by atoms with van der Waals surface area (Å²) in [7, 11) is -3.28. The second-order valence-corrected chi connectivity index (χ2v) is 6.40. The summed E-state index contributed by atoms with van der Waals surface area (Å²) in [5, 5.41) is 12.1. The Morgan fingerprint density at radius 1 is 1.10 bits per heavy atom. The van der Waals surface area contributed by atoms with E-state index in [1.807, 2.05) is 6.07 Å². The number of aromatic nitrogens is 5. The van der Waals surface area contributed by atoms with E-state index in [4.69, 9.17) is 0 Å². The summed E-state index contributed by atoms with van der Waals surface area (Å²) in [6.07, 6.45) is 2.79. The van der Waals surface area contributed by atoms with Crippen LogP contribution in [0.3, 0.4) is 0 Å². The fourth-order valence-corrected chi connectivity index (χ4v) is 2.42. The van der Waals surface area contributed by atoms with E-state index in [1.54, 1.807) is 30.5 Å². The summed E-state index contributed by atoms with van der Waals surface area (Å²) in [4.78, 5) is 5.62. The van der Waals surface area contributed by atoms with Gasteiger partial charge in [0, 0.05) is 12.5 Å². The van der Waals surface area contributed by atoms with Gasteiger partial charge in [-0.2, -0.15) is 0 Å². The average Bonchev–Trinajstić information content (AvgIpc) is 2.97. The van der Waals surface area contributed by atoms with Crippen LogP contribution in [0.5, 0.6) is 0 Å². The number of nitrogens with zero attached hydrogens (tertiary/aromatic N) is 5. The highest BCUT2D eigenvalue weighted by Gasteiger charge is 2.11. The summed E-state index contributed by atoms with van der Waals surface area (Å²) in [5.74, 6) is 0.375. The lowest BCUT2D eigenvalue weighted by Crippen LogP contribution is -2.02. The molecule has 0 spiro atoms. The van der Waals surface area contributed by atoms with E-state index >= 15 is 0 Å². The maximum absolute atomic E-state index is 11.6. The van der Waals surface area contributed by atoms with Crippen molar-refractivity contribution in [2.75, 3.05) is 6.26 Å². The standard InChI is InChI=1S/C13H11N5O2S/c1-21(19,20)11-6-4-5-10(9-11)18-16-13(15-17-18)12-7-2-3-8-14-12/h2-9H,1H3. The third-order valence-electron chi connectivity index (χ3n) is 2.78. The molecule has 0 bridgehead atoms. The summed E-state index contributed by atoms with van der Waals surface area (Å²) < 4.78 is 23.1. The first-order valence-electron chi connectivity index (χ1n) is 6.06. The van der Waals surface area contributed by atoms with Crippen molar-refractivity contribution in [2.45, 2.75) is 4.90 Å². The molecule has 3 aromatic rings. The number of benzene rings is 1. The topological polar surface area (TPSA) is 90.6 Å². The molecule has 3 rings (SSSR count). The van der Waals surface area contributed by atoms with E-state index in [1.165, 1.54) is 16.9 Å². The van der Waals surface area contributed by atoms with Gasteiger partial charge in [-0.3, -0.25) is 4.98 Å². The van der Waals surface area contributed by atoms with Crippen molar-refractivity contribution >= 4 is 9.84 Å². The van der Waals surface area contributed by atoms with Crippen LogP contribution in [0.2, 0.25) is 0 Å². The Labute approximate surface area is 121 Å². The number of hydrogen-bond acceptors (Lipinski definition) is 6. The number of rotatable bonds is 3. The largest absolute Gasteiger partial charge is 0.253 e. The number of tetrazole rings is 1. The van der Waals surface area contributed by atoms with Crippen molar-refractivity contribution in [3.63, 3.8) is 0 Å². The molecule has 0 aliphatic rings. The number of hydrogen-bond donors (Lipinski definition) is 0. The van der Waals surface area contributed by atoms with Crippen LogP contribution in [0.25, 0.3) is 17.2 Å². The molecular formula is C13H11N5O2S. The van der Waals surface area contributed by atoms with E-state index in [9.17, 15) is 8.42 Å². The SMILES string of the molecule is CS(=O)(=O)c1cccc(-n2nnc(-c3ccccn3)n2)c1. The molecule has 0 fully saturated rings. The van der Waals surface area contributed by atoms with Crippen molar-refractivity contribution in [3.8, 4) is 17.2 Å². The number of pyridine rings is 1. The molecule has 2 heterocycles. The van der Waals surface area contributed by atoms with Crippen LogP contribution < -0.4 is 0 Å². The van der Waals surface area contributed by atoms with Gasteiger partial charge in [0.05, 0.1) is 10.6 Å². The summed E-state index contributed by atoms with van der Waals surface area (Å²) >= 11 is 0. The second-order valence-electron chi connectivity index (χ2n) is 4.39. The van der Waals surface area contributed by atoms with Crippen LogP contribution >= 0.6 is 0 Å². The highest BCUT2D eigenvalue weighted by Crippen LogP contribution is 2.15. The van der Waals surface area contributed by atoms with E-state index in [0.717, 1.165) is 6.26 Å². The van der Waals surface area contributed by atoms with Gasteiger partial charge >= 0.3 is 0 Å². The molecule has 0 amide bonds. The Morgan fingerprint density at radius 3 is 2.67 bits per heavy atom. The summed E-state index contributed by atoms with van der Waals surface area (Å²) in [5.41, 5.74) is 1.12. The zero-order valence-electron chi connectivity index (χ0n) is 11.1. The van der Waals surface area contributed by atoms with Gasteiger partial charge in [-0.1, -0.05) is 12.1 Å². The molecule has 0 aliphatic heterocycles. The van der Waals surface area contributed by atoms with Crippen LogP contribution in [0.15, 0.2) is 53.6 Å². The number of sulfone groups is 1. The maximum atomic E-state index is 11.6. The summed E-state index contributed by atoms with van der Waals surface area (Å²) in [6, 6.07) is 11.8. The minimum absolute atomic E-state index is 0.205. The zero-order chi connectivity index (χ0) is 14.9. The van der Waals surface area contributed by atoms with Gasteiger partial charge < -0.3 is 0 Å². The van der Waals surface area contributed by atoms with Gasteiger partial charge in [-0.05, 0) is 35.5 Å². The first kappa shape index (κ1) is 13.4. The minimum Gasteiger partial charge on any atom is -0.253 e. The predicted octanol–water partition coefficient (Wildman–Crippen LogP) is 1.13. The van der Waals surface area contributed by atoms with Crippen LogP contribution in [0.4, 0.5) is 0 Å². The van der Waals surface area contributed by atoms with Crippen LogP contribution in [0, 0.1) is 0 Å². The quantitative estimate of drug-likeness (QED) is 0.720. The maximum Gasteiger partial charge on any atom is 0.223 e. The lowest BCUT2D eigenvalue weighted by Gasteiger charge is -2.01. The monoisotopic (exact) mass is 301 g/mol. The van der Waals surface area contributed by atoms with E-state index < -0.39 is 9.84 Å². The minimum atomic E-state index is -3.28. The van der Waals surface area contributed by atoms with Crippen molar-refractivity contribution < 1.29 is 8.42 Å². The highest BCUT2D eigenvalue weighted by molar-refractivity contribution is 7.90. The molecule has 7 nitrogen and oxygen atoms in total. The van der Waals surface area contributed by atoms with Gasteiger partial charge in [0.2, 0.25) is 5.82 Å². The Morgan fingerprint density at radius 2 is 1.95 bits per heavy atom. The van der Waals surface area contributed by atoms with Gasteiger partial charge in [-0.25, -0.2) is 8.42 Å². The van der Waals surface area contributed by atoms with Crippen LogP contribution in [-0.2, 0) is 9.84 Å². The van der Waals surface area contributed by atoms with Crippen LogP contribution in [0.1, 0.15) is 0 Å². The zero-order valence-corrected chi connectivity index (χ0v) is 11.9. The predicted molar refractivity (Wildman–Crippen MR) is 75.5 cm³/mol. The molecule has 0 saturated heterocycles. The van der Waals surface area contributed by atoms with Crippen LogP contribution in [-0.4, -0.2) is 39.9 Å². The molecule has 0 N–H and O–H groups in total. The molecule has 106 valence electrons. The molecule has 0 unspecified atom stereocenters. The van der Waals surface area contributed by atoms with E-state index in [0.29, 0.717) is 17.2 Å². The fourth-order valence-electron chi connectivity index (χ4n) is 1.76. The second kappa shape index (κ2) is 5.06. The summed E-state index contributed by atoms with van der Waals surface area (Å²) in [6.45, 7) is 0. The third-order valence-corrected chi connectivity index (χ3v) is 3.89. The molecule has 0 radical (unpaired) electrons. The lowest BCUT2D eigenvalue weighted by atomic mass is 10.3. The van der Waals surface area contributed by atoms with Gasteiger partial charge in [0.1, 0.15) is 5.69 Å². The molecule has 0 atom stereocenters. The smallest absolute Gasteiger partial charge is 0.223 e. The Bertz CT molecular complexity index is 874. The normalized spacial score (nSPS) is 11.5. The molecule has 21 heavy (non-hydrogen) atoms. The third kappa shape index (κ3) is 2.79. The fraction of sp³-hybridized carbons (Fsp3) is 0.0769.